The molecule has 0 aliphatic carbocycles. The Balaban J connectivity index is 1.90. The van der Waals surface area contributed by atoms with Crippen molar-refractivity contribution in [2.75, 3.05) is 19.1 Å². The van der Waals surface area contributed by atoms with Crippen molar-refractivity contribution in [1.29, 1.82) is 0 Å². The van der Waals surface area contributed by atoms with Crippen LogP contribution in [0.1, 0.15) is 6.23 Å². The predicted molar refractivity (Wildman–Crippen MR) is 68.7 cm³/mol. The maximum atomic E-state index is 10.1. The number of hydrogen-bond donors (Lipinski definition) is 4. The monoisotopic (exact) mass is 297 g/mol. The second-order valence-corrected chi connectivity index (χ2v) is 4.63. The fraction of sp³-hybridized carbons (Fsp3) is 0.545. The molecule has 4 atom stereocenters. The molecule has 114 valence electrons. The van der Waals surface area contributed by atoms with Gasteiger partial charge in [0.25, 0.3) is 0 Å². The third-order valence-corrected chi connectivity index (χ3v) is 3.37. The number of nitrogen functional groups attached to an aromatic ring is 1. The van der Waals surface area contributed by atoms with Crippen LogP contribution in [0.4, 0.5) is 5.82 Å². The van der Waals surface area contributed by atoms with E-state index in [-0.39, 0.29) is 12.4 Å². The molecule has 2 aromatic rings. The lowest BCUT2D eigenvalue weighted by Crippen LogP contribution is -2.33. The van der Waals surface area contributed by atoms with Crippen LogP contribution in [0.25, 0.3) is 11.2 Å². The van der Waals surface area contributed by atoms with E-state index in [0.717, 1.165) is 0 Å². The van der Waals surface area contributed by atoms with Crippen molar-refractivity contribution in [2.45, 2.75) is 24.5 Å². The number of nitrogens with zero attached hydrogens (tertiary/aromatic N) is 4. The normalized spacial score (nSPS) is 29.3. The molecule has 0 spiro atoms. The van der Waals surface area contributed by atoms with Gasteiger partial charge in [0.05, 0.1) is 12.9 Å². The molecule has 0 bridgehead atoms. The van der Waals surface area contributed by atoms with Gasteiger partial charge in [-0.1, -0.05) is 0 Å². The fourth-order valence-electron chi connectivity index (χ4n) is 2.32. The summed E-state index contributed by atoms with van der Waals surface area (Å²) in [6.07, 6.45) is -1.31. The van der Waals surface area contributed by atoms with Crippen molar-refractivity contribution in [3.63, 3.8) is 0 Å². The average Bonchev–Trinajstić information content (AvgIpc) is 3.02. The molecule has 5 N–H and O–H groups in total. The van der Waals surface area contributed by atoms with Crippen molar-refractivity contribution < 1.29 is 24.8 Å². The number of anilines is 1. The first-order valence-electron chi connectivity index (χ1n) is 6.26. The van der Waals surface area contributed by atoms with Crippen molar-refractivity contribution in [2.24, 2.45) is 0 Å². The van der Waals surface area contributed by atoms with Gasteiger partial charge in [-0.25, -0.2) is 15.0 Å². The molecule has 0 radical (unpaired) electrons. The number of aliphatic hydroxyl groups is 3. The zero-order valence-electron chi connectivity index (χ0n) is 10.9. The van der Waals surface area contributed by atoms with E-state index >= 15 is 0 Å². The van der Waals surface area contributed by atoms with Crippen LogP contribution in [-0.4, -0.2) is 66.6 Å². The van der Waals surface area contributed by atoms with E-state index in [9.17, 15) is 10.2 Å². The van der Waals surface area contributed by atoms with Gasteiger partial charge in [0.2, 0.25) is 0 Å². The molecule has 10 heteroatoms. The van der Waals surface area contributed by atoms with Gasteiger partial charge in [-0.15, -0.1) is 0 Å². The summed E-state index contributed by atoms with van der Waals surface area (Å²) in [6, 6.07) is 0. The summed E-state index contributed by atoms with van der Waals surface area (Å²) in [5.41, 5.74) is 6.47. The minimum Gasteiger partial charge on any atom is -0.387 e. The Morgan fingerprint density at radius 1 is 1.29 bits per heavy atom. The summed E-state index contributed by atoms with van der Waals surface area (Å²) in [5, 5.41) is 28.7. The van der Waals surface area contributed by atoms with Crippen LogP contribution < -0.4 is 5.73 Å². The number of nitrogens with two attached hydrogens (primary N) is 1. The van der Waals surface area contributed by atoms with E-state index < -0.39 is 31.3 Å². The molecule has 21 heavy (non-hydrogen) atoms. The number of aliphatic hydroxyl groups excluding tert-OH is 3. The maximum absolute atomic E-state index is 10.1. The molecule has 0 amide bonds. The van der Waals surface area contributed by atoms with Crippen LogP contribution in [0.3, 0.4) is 0 Å². The van der Waals surface area contributed by atoms with E-state index in [1.54, 1.807) is 0 Å². The molecule has 2 aromatic heterocycles. The molecule has 0 saturated carbocycles. The first-order chi connectivity index (χ1) is 10.1. The van der Waals surface area contributed by atoms with Crippen LogP contribution in [0, 0.1) is 0 Å². The number of ether oxygens (including phenoxy) is 2. The Morgan fingerprint density at radius 2 is 2.10 bits per heavy atom. The fourth-order valence-corrected chi connectivity index (χ4v) is 2.32. The van der Waals surface area contributed by atoms with Crippen LogP contribution >= 0.6 is 0 Å². The Hall–Kier alpha value is -1.85. The van der Waals surface area contributed by atoms with Crippen molar-refractivity contribution >= 4 is 17.0 Å². The van der Waals surface area contributed by atoms with Gasteiger partial charge < -0.3 is 30.5 Å². The summed E-state index contributed by atoms with van der Waals surface area (Å²) < 4.78 is 11.8. The van der Waals surface area contributed by atoms with Gasteiger partial charge in [-0.2, -0.15) is 0 Å². The Labute approximate surface area is 118 Å². The van der Waals surface area contributed by atoms with Crippen LogP contribution in [-0.2, 0) is 9.47 Å². The smallest absolute Gasteiger partial charge is 0.167 e. The van der Waals surface area contributed by atoms with E-state index in [2.05, 4.69) is 15.0 Å². The SMILES string of the molecule is Nc1ncnc2c1ncn2[C@@H]1O[C@H](COCO)[C@@H](O)[C@H]1O. The number of aromatic nitrogens is 4. The van der Waals surface area contributed by atoms with Gasteiger partial charge in [-0.05, 0) is 0 Å². The highest BCUT2D eigenvalue weighted by atomic mass is 16.6. The lowest BCUT2D eigenvalue weighted by molar-refractivity contribution is -0.0921. The number of rotatable bonds is 4. The summed E-state index contributed by atoms with van der Waals surface area (Å²) in [6.45, 7) is -0.542. The highest BCUT2D eigenvalue weighted by Gasteiger charge is 2.44. The quantitative estimate of drug-likeness (QED) is 0.470. The highest BCUT2D eigenvalue weighted by Crippen LogP contribution is 2.31. The van der Waals surface area contributed by atoms with Gasteiger partial charge in [-0.3, -0.25) is 4.57 Å². The lowest BCUT2D eigenvalue weighted by atomic mass is 10.1. The minimum atomic E-state index is -1.19. The van der Waals surface area contributed by atoms with E-state index in [1.165, 1.54) is 17.2 Å². The molecule has 1 fully saturated rings. The first kappa shape index (κ1) is 14.1. The Bertz CT molecular complexity index is 634. The molecule has 1 aliphatic heterocycles. The van der Waals surface area contributed by atoms with Gasteiger partial charge >= 0.3 is 0 Å². The van der Waals surface area contributed by atoms with Gasteiger partial charge in [0, 0.05) is 0 Å². The van der Waals surface area contributed by atoms with Crippen molar-refractivity contribution in [1.82, 2.24) is 19.5 Å². The highest BCUT2D eigenvalue weighted by molar-refractivity contribution is 5.81. The zero-order chi connectivity index (χ0) is 15.0. The summed E-state index contributed by atoms with van der Waals surface area (Å²) in [4.78, 5) is 12.0. The van der Waals surface area contributed by atoms with Crippen LogP contribution in [0.5, 0.6) is 0 Å². The molecule has 1 aliphatic rings. The van der Waals surface area contributed by atoms with E-state index in [1.807, 2.05) is 0 Å². The molecular formula is C11H15N5O5. The van der Waals surface area contributed by atoms with Crippen molar-refractivity contribution in [3.05, 3.63) is 12.7 Å². The van der Waals surface area contributed by atoms with Crippen LogP contribution in [0.2, 0.25) is 0 Å². The molecule has 0 aromatic carbocycles. The Kier molecular flexibility index (Phi) is 3.69. The second kappa shape index (κ2) is 5.50. The third-order valence-electron chi connectivity index (χ3n) is 3.37. The third kappa shape index (κ3) is 2.32. The molecule has 3 rings (SSSR count). The topological polar surface area (TPSA) is 149 Å². The predicted octanol–water partition coefficient (Wildman–Crippen LogP) is -2.01. The summed E-state index contributed by atoms with van der Waals surface area (Å²) in [7, 11) is 0. The lowest BCUT2D eigenvalue weighted by Gasteiger charge is -2.16. The largest absolute Gasteiger partial charge is 0.387 e. The second-order valence-electron chi connectivity index (χ2n) is 4.63. The molecule has 1 saturated heterocycles. The molecule has 10 nitrogen and oxygen atoms in total. The molecular weight excluding hydrogens is 282 g/mol. The number of hydrogen-bond acceptors (Lipinski definition) is 9. The first-order valence-corrected chi connectivity index (χ1v) is 6.26. The average molecular weight is 297 g/mol. The van der Waals surface area contributed by atoms with Crippen molar-refractivity contribution in [3.8, 4) is 0 Å². The summed E-state index contributed by atoms with van der Waals surface area (Å²) in [5.74, 6) is 0.215. The maximum Gasteiger partial charge on any atom is 0.167 e. The molecule has 0 unspecified atom stereocenters. The standard InChI is InChI=1S/C11H15N5O5/c12-9-6-10(14-2-13-9)16(3-15-6)11-8(19)7(18)5(21-11)1-20-4-17/h2-3,5,7-8,11,17-19H,1,4H2,(H2,12,13,14)/t5-,7-,8-,11-/m1/s1. The number of imidazole rings is 1. The Morgan fingerprint density at radius 3 is 2.86 bits per heavy atom. The van der Waals surface area contributed by atoms with Gasteiger partial charge in [0.1, 0.15) is 36.9 Å². The minimum absolute atomic E-state index is 0.0466. The van der Waals surface area contributed by atoms with E-state index in [0.29, 0.717) is 11.2 Å². The van der Waals surface area contributed by atoms with Gasteiger partial charge in [0.15, 0.2) is 17.7 Å². The number of fused-ring (bicyclic) bond motifs is 1. The summed E-state index contributed by atoms with van der Waals surface area (Å²) >= 11 is 0. The zero-order valence-corrected chi connectivity index (χ0v) is 10.9. The van der Waals surface area contributed by atoms with Crippen LogP contribution in [0.15, 0.2) is 12.7 Å². The van der Waals surface area contributed by atoms with E-state index in [4.69, 9.17) is 20.3 Å². The molecule has 3 heterocycles.